The summed E-state index contributed by atoms with van der Waals surface area (Å²) in [5.74, 6) is 0. The molecule has 0 aliphatic heterocycles. The topological polar surface area (TPSA) is 21.3 Å². The molecule has 2 heteroatoms. The lowest BCUT2D eigenvalue weighted by Gasteiger charge is -2.19. The van der Waals surface area contributed by atoms with E-state index in [-0.39, 0.29) is 0 Å². The summed E-state index contributed by atoms with van der Waals surface area (Å²) < 4.78 is 5.12. The van der Waals surface area contributed by atoms with Crippen molar-refractivity contribution in [3.63, 3.8) is 0 Å². The SMILES string of the molecule is CCCNC(CCCOC)c1ccc(C)cc1. The summed E-state index contributed by atoms with van der Waals surface area (Å²) in [5.41, 5.74) is 2.71. The van der Waals surface area contributed by atoms with Crippen LogP contribution < -0.4 is 5.32 Å². The Morgan fingerprint density at radius 1 is 1.24 bits per heavy atom. The Hall–Kier alpha value is -0.860. The van der Waals surface area contributed by atoms with E-state index in [1.165, 1.54) is 17.5 Å². The van der Waals surface area contributed by atoms with Crippen molar-refractivity contribution in [3.8, 4) is 0 Å². The van der Waals surface area contributed by atoms with Crippen LogP contribution >= 0.6 is 0 Å². The van der Waals surface area contributed by atoms with E-state index in [0.717, 1.165) is 26.0 Å². The number of ether oxygens (including phenoxy) is 1. The number of rotatable bonds is 8. The summed E-state index contributed by atoms with van der Waals surface area (Å²) in [6, 6.07) is 9.30. The zero-order valence-electron chi connectivity index (χ0n) is 11.3. The van der Waals surface area contributed by atoms with Crippen LogP contribution in [0.15, 0.2) is 24.3 Å². The minimum Gasteiger partial charge on any atom is -0.385 e. The highest BCUT2D eigenvalue weighted by Gasteiger charge is 2.09. The number of hydrogen-bond donors (Lipinski definition) is 1. The van der Waals surface area contributed by atoms with Crippen LogP contribution in [-0.4, -0.2) is 20.3 Å². The molecule has 1 aromatic carbocycles. The van der Waals surface area contributed by atoms with E-state index >= 15 is 0 Å². The standard InChI is InChI=1S/C15H25NO/c1-4-11-16-15(6-5-12-17-3)14-9-7-13(2)8-10-14/h7-10,15-16H,4-6,11-12H2,1-3H3. The Bertz CT molecular complexity index is 294. The van der Waals surface area contributed by atoms with Crippen LogP contribution in [0.25, 0.3) is 0 Å². The lowest BCUT2D eigenvalue weighted by molar-refractivity contribution is 0.188. The predicted molar refractivity (Wildman–Crippen MR) is 73.3 cm³/mol. The molecule has 0 amide bonds. The van der Waals surface area contributed by atoms with Gasteiger partial charge in [0.25, 0.3) is 0 Å². The molecule has 0 heterocycles. The van der Waals surface area contributed by atoms with Crippen molar-refractivity contribution in [2.45, 2.75) is 39.2 Å². The van der Waals surface area contributed by atoms with E-state index in [1.807, 2.05) is 0 Å². The first-order valence-corrected chi connectivity index (χ1v) is 6.56. The summed E-state index contributed by atoms with van der Waals surface area (Å²) in [6.07, 6.45) is 3.41. The van der Waals surface area contributed by atoms with Crippen molar-refractivity contribution >= 4 is 0 Å². The first kappa shape index (κ1) is 14.2. The zero-order chi connectivity index (χ0) is 12.5. The molecule has 0 spiro atoms. The highest BCUT2D eigenvalue weighted by Crippen LogP contribution is 2.19. The number of nitrogens with one attached hydrogen (secondary N) is 1. The molecule has 1 unspecified atom stereocenters. The lowest BCUT2D eigenvalue weighted by atomic mass is 10.0. The van der Waals surface area contributed by atoms with Crippen LogP contribution in [0.2, 0.25) is 0 Å². The Labute approximate surface area is 105 Å². The van der Waals surface area contributed by atoms with Gasteiger partial charge in [-0.1, -0.05) is 36.8 Å². The van der Waals surface area contributed by atoms with Crippen LogP contribution in [0.1, 0.15) is 43.4 Å². The van der Waals surface area contributed by atoms with E-state index < -0.39 is 0 Å². The number of benzene rings is 1. The summed E-state index contributed by atoms with van der Waals surface area (Å²) in [5, 5.41) is 3.61. The maximum atomic E-state index is 5.12. The first-order valence-electron chi connectivity index (χ1n) is 6.56. The minimum absolute atomic E-state index is 0.464. The second-order valence-electron chi connectivity index (χ2n) is 4.55. The molecule has 0 fully saturated rings. The Morgan fingerprint density at radius 3 is 2.53 bits per heavy atom. The number of aryl methyl sites for hydroxylation is 1. The minimum atomic E-state index is 0.464. The van der Waals surface area contributed by atoms with E-state index in [4.69, 9.17) is 4.74 Å². The average Bonchev–Trinajstić information content (AvgIpc) is 2.35. The smallest absolute Gasteiger partial charge is 0.0462 e. The molecule has 1 aromatic rings. The molecule has 0 radical (unpaired) electrons. The van der Waals surface area contributed by atoms with Gasteiger partial charge in [-0.15, -0.1) is 0 Å². The molecule has 0 saturated heterocycles. The molecule has 0 saturated carbocycles. The van der Waals surface area contributed by atoms with Crippen LogP contribution in [0, 0.1) is 6.92 Å². The van der Waals surface area contributed by atoms with Gasteiger partial charge in [0.1, 0.15) is 0 Å². The second-order valence-corrected chi connectivity index (χ2v) is 4.55. The molecule has 17 heavy (non-hydrogen) atoms. The third kappa shape index (κ3) is 5.33. The van der Waals surface area contributed by atoms with Gasteiger partial charge in [-0.25, -0.2) is 0 Å². The zero-order valence-corrected chi connectivity index (χ0v) is 11.3. The van der Waals surface area contributed by atoms with Gasteiger partial charge in [-0.05, 0) is 38.3 Å². The van der Waals surface area contributed by atoms with Gasteiger partial charge in [-0.3, -0.25) is 0 Å². The van der Waals surface area contributed by atoms with Gasteiger partial charge in [0.15, 0.2) is 0 Å². The Balaban J connectivity index is 2.57. The summed E-state index contributed by atoms with van der Waals surface area (Å²) in [6.45, 7) is 6.25. The van der Waals surface area contributed by atoms with Crippen molar-refractivity contribution in [2.75, 3.05) is 20.3 Å². The monoisotopic (exact) mass is 235 g/mol. The molecule has 1 N–H and O–H groups in total. The van der Waals surface area contributed by atoms with Crippen LogP contribution in [0.3, 0.4) is 0 Å². The predicted octanol–water partition coefficient (Wildman–Crippen LogP) is 3.46. The maximum Gasteiger partial charge on any atom is 0.0462 e. The molecule has 0 aliphatic rings. The van der Waals surface area contributed by atoms with E-state index in [9.17, 15) is 0 Å². The molecule has 2 nitrogen and oxygen atoms in total. The van der Waals surface area contributed by atoms with Gasteiger partial charge in [0.05, 0.1) is 0 Å². The average molecular weight is 235 g/mol. The number of methoxy groups -OCH3 is 1. The number of hydrogen-bond acceptors (Lipinski definition) is 2. The van der Waals surface area contributed by atoms with Crippen LogP contribution in [0.5, 0.6) is 0 Å². The molecular weight excluding hydrogens is 210 g/mol. The van der Waals surface area contributed by atoms with Gasteiger partial charge in [0.2, 0.25) is 0 Å². The van der Waals surface area contributed by atoms with Gasteiger partial charge in [-0.2, -0.15) is 0 Å². The second kappa shape index (κ2) is 8.26. The maximum absolute atomic E-state index is 5.12. The van der Waals surface area contributed by atoms with Crippen molar-refractivity contribution < 1.29 is 4.74 Å². The summed E-state index contributed by atoms with van der Waals surface area (Å²) in [4.78, 5) is 0. The molecule has 0 aliphatic carbocycles. The van der Waals surface area contributed by atoms with Crippen molar-refractivity contribution in [3.05, 3.63) is 35.4 Å². The third-order valence-corrected chi connectivity index (χ3v) is 2.96. The van der Waals surface area contributed by atoms with Gasteiger partial charge >= 0.3 is 0 Å². The van der Waals surface area contributed by atoms with Crippen molar-refractivity contribution in [1.82, 2.24) is 5.32 Å². The molecular formula is C15H25NO. The van der Waals surface area contributed by atoms with Gasteiger partial charge < -0.3 is 10.1 Å². The molecule has 1 atom stereocenters. The van der Waals surface area contributed by atoms with Crippen molar-refractivity contribution in [1.29, 1.82) is 0 Å². The summed E-state index contributed by atoms with van der Waals surface area (Å²) in [7, 11) is 1.76. The molecule has 96 valence electrons. The van der Waals surface area contributed by atoms with E-state index in [0.29, 0.717) is 6.04 Å². The fourth-order valence-corrected chi connectivity index (χ4v) is 1.94. The van der Waals surface area contributed by atoms with Crippen LogP contribution in [0.4, 0.5) is 0 Å². The van der Waals surface area contributed by atoms with E-state index in [2.05, 4.69) is 43.4 Å². The van der Waals surface area contributed by atoms with E-state index in [1.54, 1.807) is 7.11 Å². The Morgan fingerprint density at radius 2 is 1.94 bits per heavy atom. The highest BCUT2D eigenvalue weighted by molar-refractivity contribution is 5.24. The quantitative estimate of drug-likeness (QED) is 0.697. The van der Waals surface area contributed by atoms with Crippen molar-refractivity contribution in [2.24, 2.45) is 0 Å². The first-order chi connectivity index (χ1) is 8.27. The molecule has 1 rings (SSSR count). The summed E-state index contributed by atoms with van der Waals surface area (Å²) >= 11 is 0. The molecule has 0 bridgehead atoms. The van der Waals surface area contributed by atoms with Crippen LogP contribution in [-0.2, 0) is 4.74 Å². The molecule has 0 aromatic heterocycles. The largest absolute Gasteiger partial charge is 0.385 e. The van der Waals surface area contributed by atoms with Gasteiger partial charge in [0, 0.05) is 19.8 Å². The third-order valence-electron chi connectivity index (χ3n) is 2.96. The normalized spacial score (nSPS) is 12.6. The fraction of sp³-hybridized carbons (Fsp3) is 0.600. The Kier molecular flexibility index (Phi) is 6.90. The highest BCUT2D eigenvalue weighted by atomic mass is 16.5. The lowest BCUT2D eigenvalue weighted by Crippen LogP contribution is -2.22. The fourth-order valence-electron chi connectivity index (χ4n) is 1.94.